The summed E-state index contributed by atoms with van der Waals surface area (Å²) in [6.07, 6.45) is 0.284. The predicted octanol–water partition coefficient (Wildman–Crippen LogP) is 0.533. The molecule has 10 heavy (non-hydrogen) atoms. The van der Waals surface area contributed by atoms with E-state index < -0.39 is 6.10 Å². The highest BCUT2D eigenvalue weighted by atomic mass is 16.5. The highest BCUT2D eigenvalue weighted by molar-refractivity contribution is 5.78. The number of hydrogen-bond acceptors (Lipinski definition) is 2. The van der Waals surface area contributed by atoms with Crippen LogP contribution in [0.1, 0.15) is 20.3 Å². The smallest absolute Gasteiger partial charge is 0.246 e. The van der Waals surface area contributed by atoms with Crippen LogP contribution in [0.4, 0.5) is 0 Å². The first-order chi connectivity index (χ1) is 4.57. The lowest BCUT2D eigenvalue weighted by Crippen LogP contribution is -2.31. The van der Waals surface area contributed by atoms with E-state index in [1.165, 1.54) is 7.11 Å². The monoisotopic (exact) mass is 145 g/mol. The zero-order valence-electron chi connectivity index (χ0n) is 6.76. The lowest BCUT2D eigenvalue weighted by Gasteiger charge is -2.12. The van der Waals surface area contributed by atoms with Crippen LogP contribution >= 0.6 is 0 Å². The van der Waals surface area contributed by atoms with E-state index in [4.69, 9.17) is 10.5 Å². The molecule has 0 fully saturated rings. The van der Waals surface area contributed by atoms with Gasteiger partial charge in [0.1, 0.15) is 6.10 Å². The summed E-state index contributed by atoms with van der Waals surface area (Å²) in [4.78, 5) is 10.6. The first kappa shape index (κ1) is 9.43. The van der Waals surface area contributed by atoms with E-state index in [2.05, 4.69) is 0 Å². The van der Waals surface area contributed by atoms with Crippen LogP contribution in [0.3, 0.4) is 0 Å². The van der Waals surface area contributed by atoms with Gasteiger partial charge in [-0.2, -0.15) is 0 Å². The van der Waals surface area contributed by atoms with Crippen molar-refractivity contribution < 1.29 is 9.53 Å². The molecular formula is C7H15NO2. The topological polar surface area (TPSA) is 52.3 Å². The van der Waals surface area contributed by atoms with Gasteiger partial charge in [-0.25, -0.2) is 0 Å². The summed E-state index contributed by atoms with van der Waals surface area (Å²) in [6.45, 7) is 4.05. The van der Waals surface area contributed by atoms with Crippen LogP contribution in [0, 0.1) is 5.92 Å². The molecule has 0 saturated heterocycles. The van der Waals surface area contributed by atoms with Crippen molar-refractivity contribution in [1.82, 2.24) is 0 Å². The zero-order valence-corrected chi connectivity index (χ0v) is 6.76. The van der Waals surface area contributed by atoms with Crippen molar-refractivity contribution in [2.24, 2.45) is 11.7 Å². The van der Waals surface area contributed by atoms with Crippen LogP contribution < -0.4 is 5.73 Å². The summed E-state index contributed by atoms with van der Waals surface area (Å²) in [5, 5.41) is 0. The van der Waals surface area contributed by atoms with Gasteiger partial charge in [0.2, 0.25) is 5.91 Å². The Hall–Kier alpha value is -0.570. The summed E-state index contributed by atoms with van der Waals surface area (Å²) in [5.74, 6) is 0.0636. The number of carbonyl (C=O) groups is 1. The number of amides is 1. The second-order valence-electron chi connectivity index (χ2n) is 2.76. The van der Waals surface area contributed by atoms with Gasteiger partial charge in [0, 0.05) is 7.11 Å². The fourth-order valence-electron chi connectivity index (χ4n) is 0.757. The number of nitrogens with two attached hydrogens (primary N) is 1. The molecule has 2 N–H and O–H groups in total. The van der Waals surface area contributed by atoms with E-state index in [0.29, 0.717) is 12.3 Å². The molecule has 0 aromatic carbocycles. The van der Waals surface area contributed by atoms with Crippen LogP contribution in [0.15, 0.2) is 0 Å². The number of rotatable bonds is 4. The van der Waals surface area contributed by atoms with E-state index in [9.17, 15) is 4.79 Å². The summed E-state index contributed by atoms with van der Waals surface area (Å²) in [5.41, 5.74) is 5.03. The second-order valence-corrected chi connectivity index (χ2v) is 2.76. The fraction of sp³-hybridized carbons (Fsp3) is 0.857. The Morgan fingerprint density at radius 2 is 2.10 bits per heavy atom. The Bertz CT molecular complexity index is 112. The standard InChI is InChI=1S/C7H15NO2/c1-5(2)4-6(10-3)7(8)9/h5-6H,4H2,1-3H3,(H2,8,9)/t6-/m0/s1. The van der Waals surface area contributed by atoms with Gasteiger partial charge in [0.25, 0.3) is 0 Å². The lowest BCUT2D eigenvalue weighted by atomic mass is 10.1. The van der Waals surface area contributed by atoms with Crippen molar-refractivity contribution in [3.63, 3.8) is 0 Å². The van der Waals surface area contributed by atoms with E-state index in [-0.39, 0.29) is 5.91 Å². The molecule has 3 heteroatoms. The van der Waals surface area contributed by atoms with E-state index in [0.717, 1.165) is 0 Å². The third-order valence-electron chi connectivity index (χ3n) is 1.29. The third kappa shape index (κ3) is 3.45. The quantitative estimate of drug-likeness (QED) is 0.627. The number of ether oxygens (including phenoxy) is 1. The number of carbonyl (C=O) groups excluding carboxylic acids is 1. The van der Waals surface area contributed by atoms with Gasteiger partial charge in [-0.15, -0.1) is 0 Å². The maximum atomic E-state index is 10.6. The van der Waals surface area contributed by atoms with E-state index in [1.807, 2.05) is 13.8 Å². The Labute approximate surface area is 61.5 Å². The molecule has 60 valence electrons. The van der Waals surface area contributed by atoms with Gasteiger partial charge in [0.05, 0.1) is 0 Å². The molecule has 0 heterocycles. The van der Waals surface area contributed by atoms with E-state index in [1.54, 1.807) is 0 Å². The van der Waals surface area contributed by atoms with Crippen LogP contribution in [0.5, 0.6) is 0 Å². The first-order valence-corrected chi connectivity index (χ1v) is 3.40. The largest absolute Gasteiger partial charge is 0.372 e. The number of primary amides is 1. The molecule has 0 aliphatic carbocycles. The molecule has 0 bridgehead atoms. The SMILES string of the molecule is CO[C@@H](CC(C)C)C(N)=O. The summed E-state index contributed by atoms with van der Waals surface area (Å²) in [6, 6.07) is 0. The molecule has 0 unspecified atom stereocenters. The van der Waals surface area contributed by atoms with Crippen LogP contribution in [-0.4, -0.2) is 19.1 Å². The maximum absolute atomic E-state index is 10.6. The van der Waals surface area contributed by atoms with Crippen molar-refractivity contribution in [1.29, 1.82) is 0 Å². The Morgan fingerprint density at radius 3 is 2.20 bits per heavy atom. The molecule has 0 radical (unpaired) electrons. The van der Waals surface area contributed by atoms with Gasteiger partial charge in [-0.3, -0.25) is 4.79 Å². The maximum Gasteiger partial charge on any atom is 0.246 e. The van der Waals surface area contributed by atoms with Crippen molar-refractivity contribution in [2.75, 3.05) is 7.11 Å². The van der Waals surface area contributed by atoms with Crippen molar-refractivity contribution in [3.05, 3.63) is 0 Å². The van der Waals surface area contributed by atoms with Crippen molar-refractivity contribution in [3.8, 4) is 0 Å². The first-order valence-electron chi connectivity index (χ1n) is 3.40. The minimum Gasteiger partial charge on any atom is -0.372 e. The van der Waals surface area contributed by atoms with Gasteiger partial charge >= 0.3 is 0 Å². The Balaban J connectivity index is 3.72. The van der Waals surface area contributed by atoms with E-state index >= 15 is 0 Å². The fourth-order valence-corrected chi connectivity index (χ4v) is 0.757. The molecule has 0 aromatic rings. The molecule has 3 nitrogen and oxygen atoms in total. The average Bonchev–Trinajstić information content (AvgIpc) is 1.81. The minimum atomic E-state index is -0.417. The van der Waals surface area contributed by atoms with Crippen molar-refractivity contribution >= 4 is 5.91 Å². The number of hydrogen-bond donors (Lipinski definition) is 1. The van der Waals surface area contributed by atoms with Gasteiger partial charge in [-0.05, 0) is 12.3 Å². The molecule has 0 rings (SSSR count). The molecule has 1 amide bonds. The minimum absolute atomic E-state index is 0.379. The molecule has 0 aliphatic rings. The molecule has 0 spiro atoms. The second kappa shape index (κ2) is 4.28. The predicted molar refractivity (Wildman–Crippen MR) is 39.4 cm³/mol. The Morgan fingerprint density at radius 1 is 1.60 bits per heavy atom. The highest BCUT2D eigenvalue weighted by Crippen LogP contribution is 2.06. The highest BCUT2D eigenvalue weighted by Gasteiger charge is 2.14. The zero-order chi connectivity index (χ0) is 8.15. The lowest BCUT2D eigenvalue weighted by molar-refractivity contribution is -0.128. The Kier molecular flexibility index (Phi) is 4.03. The van der Waals surface area contributed by atoms with Gasteiger partial charge < -0.3 is 10.5 Å². The molecular weight excluding hydrogens is 130 g/mol. The normalized spacial score (nSPS) is 13.6. The third-order valence-corrected chi connectivity index (χ3v) is 1.29. The molecule has 0 saturated carbocycles. The van der Waals surface area contributed by atoms with Crippen LogP contribution in [-0.2, 0) is 9.53 Å². The van der Waals surface area contributed by atoms with Crippen molar-refractivity contribution in [2.45, 2.75) is 26.4 Å². The summed E-state index contributed by atoms with van der Waals surface area (Å²) < 4.78 is 4.85. The molecule has 0 aromatic heterocycles. The van der Waals surface area contributed by atoms with Gasteiger partial charge in [0.15, 0.2) is 0 Å². The van der Waals surface area contributed by atoms with Crippen LogP contribution in [0.25, 0.3) is 0 Å². The summed E-state index contributed by atoms with van der Waals surface area (Å²) >= 11 is 0. The average molecular weight is 145 g/mol. The van der Waals surface area contributed by atoms with Gasteiger partial charge in [-0.1, -0.05) is 13.8 Å². The summed E-state index contributed by atoms with van der Waals surface area (Å²) in [7, 11) is 1.50. The number of methoxy groups -OCH3 is 1. The molecule has 0 aliphatic heterocycles. The molecule has 1 atom stereocenters. The van der Waals surface area contributed by atoms with Crippen LogP contribution in [0.2, 0.25) is 0 Å².